The summed E-state index contributed by atoms with van der Waals surface area (Å²) < 4.78 is 26.0. The molecule has 2 N–H and O–H groups in total. The average Bonchev–Trinajstić information content (AvgIpc) is 3.51. The minimum atomic E-state index is -0.835. The molecule has 5 aliphatic rings. The highest BCUT2D eigenvalue weighted by molar-refractivity contribution is 5.84. The van der Waals surface area contributed by atoms with Crippen molar-refractivity contribution < 1.29 is 38.4 Å². The molecule has 9 heteroatoms. The lowest BCUT2D eigenvalue weighted by Gasteiger charge is -2.71. The van der Waals surface area contributed by atoms with Crippen LogP contribution in [0.5, 0.6) is 0 Å². The minimum Gasteiger partial charge on any atom is -0.459 e. The second-order valence-corrected chi connectivity index (χ2v) is 21.9. The number of rotatable bonds is 15. The van der Waals surface area contributed by atoms with Gasteiger partial charge in [0.05, 0.1) is 17.7 Å². The summed E-state index contributed by atoms with van der Waals surface area (Å²) in [4.78, 5) is 37.7. The fourth-order valence-electron chi connectivity index (χ4n) is 14.6. The summed E-state index contributed by atoms with van der Waals surface area (Å²) in [6.07, 6.45) is 8.84. The number of esters is 2. The normalized spacial score (nSPS) is 42.9. The van der Waals surface area contributed by atoms with Gasteiger partial charge in [0.15, 0.2) is 18.2 Å². The van der Waals surface area contributed by atoms with E-state index in [1.165, 1.54) is 46.0 Å². The van der Waals surface area contributed by atoms with E-state index in [4.69, 9.17) is 18.9 Å². The van der Waals surface area contributed by atoms with E-state index in [1.54, 1.807) is 0 Å². The molecule has 4 saturated carbocycles. The largest absolute Gasteiger partial charge is 0.459 e. The Bertz CT molecular complexity index is 1430. The maximum absolute atomic E-state index is 12.7. The maximum Gasteiger partial charge on any atom is 0.303 e. The number of hydrogen-bond acceptors (Lipinski definition) is 9. The van der Waals surface area contributed by atoms with Gasteiger partial charge in [-0.05, 0) is 147 Å². The number of carbonyl (C=O) groups excluding carboxylic acids is 3. The van der Waals surface area contributed by atoms with Crippen LogP contribution in [0.15, 0.2) is 0 Å². The fourth-order valence-corrected chi connectivity index (χ4v) is 14.6. The van der Waals surface area contributed by atoms with Crippen molar-refractivity contribution in [2.75, 3.05) is 13.2 Å². The molecule has 0 aromatic heterocycles. The van der Waals surface area contributed by atoms with Gasteiger partial charge in [0, 0.05) is 19.8 Å². The quantitative estimate of drug-likeness (QED) is 0.123. The predicted molar refractivity (Wildman–Crippen MR) is 224 cm³/mol. The smallest absolute Gasteiger partial charge is 0.303 e. The molecular weight excluding hydrogens is 719 g/mol. The second-order valence-electron chi connectivity index (χ2n) is 21.9. The highest BCUT2D eigenvalue weighted by Crippen LogP contribution is 2.77. The first kappa shape index (κ1) is 46.5. The third-order valence-corrected chi connectivity index (χ3v) is 17.9. The molecule has 57 heavy (non-hydrogen) atoms. The minimum absolute atomic E-state index is 0.127. The van der Waals surface area contributed by atoms with Gasteiger partial charge in [-0.1, -0.05) is 76.2 Å². The van der Waals surface area contributed by atoms with Crippen molar-refractivity contribution in [2.24, 2.45) is 69.0 Å². The average molecular weight is 802 g/mol. The van der Waals surface area contributed by atoms with Crippen LogP contribution in [0.2, 0.25) is 0 Å². The van der Waals surface area contributed by atoms with E-state index in [0.717, 1.165) is 37.5 Å². The summed E-state index contributed by atoms with van der Waals surface area (Å²) in [6.45, 7) is 31.5. The molecule has 5 fully saturated rings. The van der Waals surface area contributed by atoms with Gasteiger partial charge in [-0.3, -0.25) is 14.4 Å². The van der Waals surface area contributed by atoms with Crippen molar-refractivity contribution in [3.8, 4) is 0 Å². The predicted octanol–water partition coefficient (Wildman–Crippen LogP) is 9.31. The van der Waals surface area contributed by atoms with E-state index >= 15 is 0 Å². The molecule has 1 aliphatic heterocycles. The zero-order chi connectivity index (χ0) is 42.5. The van der Waals surface area contributed by atoms with Crippen molar-refractivity contribution in [1.29, 1.82) is 0 Å². The number of aliphatic hydroxyl groups is 1. The van der Waals surface area contributed by atoms with E-state index in [1.807, 2.05) is 13.8 Å². The SMILES string of the molecule is CC[C@H]1O[C@H](O[C@@](C)(CCCN[C@@H](CC(C)C)C(=O)CO)C2CC[C@]3(C)[C@@H]2C(C)CC2[C@@]4(C)CC[C@H](C)C(C)(C)C4CC[C@]23C)[C@H](OC(C)=O)[C@@H](C)[C@@H]1OC(C)=O. The summed E-state index contributed by atoms with van der Waals surface area (Å²) >= 11 is 0. The third kappa shape index (κ3) is 8.54. The van der Waals surface area contributed by atoms with Crippen molar-refractivity contribution in [3.63, 3.8) is 0 Å². The van der Waals surface area contributed by atoms with Gasteiger partial charge >= 0.3 is 11.9 Å². The Morgan fingerprint density at radius 3 is 2.12 bits per heavy atom. The lowest BCUT2D eigenvalue weighted by molar-refractivity contribution is -0.326. The molecule has 4 aliphatic carbocycles. The molecule has 4 unspecified atom stereocenters. The molecule has 1 saturated heterocycles. The van der Waals surface area contributed by atoms with Crippen molar-refractivity contribution in [2.45, 2.75) is 204 Å². The Morgan fingerprint density at radius 1 is 0.895 bits per heavy atom. The van der Waals surface area contributed by atoms with Gasteiger partial charge in [0.2, 0.25) is 0 Å². The number of ketones is 1. The molecule has 0 bridgehead atoms. The highest BCUT2D eigenvalue weighted by atomic mass is 16.7. The Balaban J connectivity index is 1.50. The van der Waals surface area contributed by atoms with Gasteiger partial charge < -0.3 is 29.4 Å². The van der Waals surface area contributed by atoms with Crippen LogP contribution >= 0.6 is 0 Å². The molecule has 0 spiro atoms. The maximum atomic E-state index is 12.7. The first-order valence-corrected chi connectivity index (χ1v) is 23.0. The first-order valence-electron chi connectivity index (χ1n) is 23.0. The molecular formula is C48H83NO8. The number of carbonyl (C=O) groups is 3. The van der Waals surface area contributed by atoms with Crippen molar-refractivity contribution >= 4 is 17.7 Å². The van der Waals surface area contributed by atoms with Crippen LogP contribution < -0.4 is 5.32 Å². The Labute approximate surface area is 346 Å². The Morgan fingerprint density at radius 2 is 1.53 bits per heavy atom. The summed E-state index contributed by atoms with van der Waals surface area (Å²) in [6, 6.07) is -0.393. The molecule has 0 aromatic carbocycles. The highest BCUT2D eigenvalue weighted by Gasteiger charge is 2.71. The number of Topliss-reactive ketones (excluding diaryl/α,β-unsaturated/α-hetero) is 1. The number of ether oxygens (including phenoxy) is 4. The van der Waals surface area contributed by atoms with Crippen LogP contribution in [0.1, 0.15) is 168 Å². The van der Waals surface area contributed by atoms with Gasteiger partial charge in [-0.2, -0.15) is 0 Å². The van der Waals surface area contributed by atoms with Crippen LogP contribution in [-0.4, -0.2) is 72.2 Å². The topological polar surface area (TPSA) is 120 Å². The zero-order valence-corrected chi connectivity index (χ0v) is 38.5. The monoisotopic (exact) mass is 802 g/mol. The molecule has 328 valence electrons. The number of nitrogens with one attached hydrogen (secondary N) is 1. The molecule has 0 radical (unpaired) electrons. The number of hydrogen-bond donors (Lipinski definition) is 2. The third-order valence-electron chi connectivity index (χ3n) is 17.9. The molecule has 1 heterocycles. The Kier molecular flexibility index (Phi) is 14.2. The van der Waals surface area contributed by atoms with E-state index in [9.17, 15) is 19.5 Å². The molecule has 16 atom stereocenters. The van der Waals surface area contributed by atoms with Crippen molar-refractivity contribution in [1.82, 2.24) is 5.32 Å². The molecule has 9 nitrogen and oxygen atoms in total. The zero-order valence-electron chi connectivity index (χ0n) is 38.5. The summed E-state index contributed by atoms with van der Waals surface area (Å²) in [7, 11) is 0. The van der Waals surface area contributed by atoms with E-state index in [-0.39, 0.29) is 34.4 Å². The van der Waals surface area contributed by atoms with Crippen LogP contribution in [0.3, 0.4) is 0 Å². The van der Waals surface area contributed by atoms with E-state index in [2.05, 4.69) is 74.6 Å². The van der Waals surface area contributed by atoms with Crippen LogP contribution in [0, 0.1) is 69.0 Å². The lowest BCUT2D eigenvalue weighted by Crippen LogP contribution is -2.65. The van der Waals surface area contributed by atoms with Crippen molar-refractivity contribution in [3.05, 3.63) is 0 Å². The van der Waals surface area contributed by atoms with E-state index in [0.29, 0.717) is 53.9 Å². The van der Waals surface area contributed by atoms with Gasteiger partial charge in [0.1, 0.15) is 12.7 Å². The Hall–Kier alpha value is -1.55. The second kappa shape index (κ2) is 17.4. The van der Waals surface area contributed by atoms with Gasteiger partial charge in [-0.15, -0.1) is 0 Å². The summed E-state index contributed by atoms with van der Waals surface area (Å²) in [5.41, 5.74) is 0.352. The molecule has 0 amide bonds. The molecule has 0 aromatic rings. The van der Waals surface area contributed by atoms with Crippen LogP contribution in [0.4, 0.5) is 0 Å². The van der Waals surface area contributed by atoms with Gasteiger partial charge in [0.25, 0.3) is 0 Å². The van der Waals surface area contributed by atoms with Gasteiger partial charge in [-0.25, -0.2) is 0 Å². The standard InChI is InChI=1S/C48H83NO8/c1-15-37-41(54-32(7)51)31(6)42(55-33(8)52)43(56-37)57-48(14,20-16-24-49-35(25-28(2)3)36(53)27-50)34-18-22-47(13)40(34)29(4)26-39-45(11)21-17-30(5)44(9,10)38(45)19-23-46(39,47)12/h28-31,34-35,37-43,49-50H,15-27H2,1-14H3/t29?,30-,31-,34?,35-,37+,38?,39?,40+,41-,42+,43+,45-,46+,47+,48-/m0/s1. The number of fused-ring (bicyclic) bond motifs is 5. The van der Waals surface area contributed by atoms with Crippen LogP contribution in [0.25, 0.3) is 0 Å². The first-order chi connectivity index (χ1) is 26.5. The van der Waals surface area contributed by atoms with E-state index < -0.39 is 48.8 Å². The summed E-state index contributed by atoms with van der Waals surface area (Å²) in [5.74, 6) is 2.31. The molecule has 5 rings (SSSR count). The number of aliphatic hydroxyl groups excluding tert-OH is 1. The van der Waals surface area contributed by atoms with Crippen LogP contribution in [-0.2, 0) is 33.3 Å². The lowest BCUT2D eigenvalue weighted by atomic mass is 9.34. The summed E-state index contributed by atoms with van der Waals surface area (Å²) in [5, 5.41) is 13.2. The fraction of sp³-hybridized carbons (Fsp3) is 0.938.